The van der Waals surface area contributed by atoms with E-state index in [9.17, 15) is 14.9 Å². The van der Waals surface area contributed by atoms with Crippen molar-refractivity contribution in [2.45, 2.75) is 6.54 Å². The van der Waals surface area contributed by atoms with Gasteiger partial charge in [-0.15, -0.1) is 0 Å². The van der Waals surface area contributed by atoms with E-state index >= 15 is 0 Å². The fourth-order valence-electron chi connectivity index (χ4n) is 2.65. The van der Waals surface area contributed by atoms with Gasteiger partial charge in [0, 0.05) is 17.5 Å². The second-order valence-corrected chi connectivity index (χ2v) is 5.38. The SMILES string of the molecule is O=c1c2oc3ccccc3c2ncn1Cc1ccc([N+](=O)[O-])cc1. The topological polar surface area (TPSA) is 91.2 Å². The van der Waals surface area contributed by atoms with Crippen molar-refractivity contribution < 1.29 is 9.34 Å². The van der Waals surface area contributed by atoms with Crippen LogP contribution in [0.1, 0.15) is 5.56 Å². The van der Waals surface area contributed by atoms with Crippen molar-refractivity contribution in [3.8, 4) is 0 Å². The smallest absolute Gasteiger partial charge is 0.297 e. The Morgan fingerprint density at radius 2 is 1.88 bits per heavy atom. The van der Waals surface area contributed by atoms with Gasteiger partial charge in [0.1, 0.15) is 11.1 Å². The van der Waals surface area contributed by atoms with Gasteiger partial charge in [0.2, 0.25) is 5.58 Å². The molecule has 0 amide bonds. The highest BCUT2D eigenvalue weighted by Gasteiger charge is 2.13. The molecule has 2 aromatic heterocycles. The van der Waals surface area contributed by atoms with E-state index in [1.54, 1.807) is 18.2 Å². The van der Waals surface area contributed by atoms with Gasteiger partial charge in [-0.25, -0.2) is 4.98 Å². The van der Waals surface area contributed by atoms with Crippen LogP contribution in [-0.2, 0) is 6.54 Å². The number of aromatic nitrogens is 2. The average molecular weight is 321 g/mol. The number of furan rings is 1. The molecule has 118 valence electrons. The van der Waals surface area contributed by atoms with Crippen LogP contribution in [0.2, 0.25) is 0 Å². The van der Waals surface area contributed by atoms with Crippen molar-refractivity contribution in [3.63, 3.8) is 0 Å². The van der Waals surface area contributed by atoms with E-state index in [0.717, 1.165) is 10.9 Å². The first-order chi connectivity index (χ1) is 11.6. The number of hydrogen-bond acceptors (Lipinski definition) is 5. The maximum atomic E-state index is 12.6. The van der Waals surface area contributed by atoms with Crippen molar-refractivity contribution in [1.29, 1.82) is 0 Å². The summed E-state index contributed by atoms with van der Waals surface area (Å²) in [6, 6.07) is 13.4. The number of rotatable bonds is 3. The Morgan fingerprint density at radius 3 is 2.62 bits per heavy atom. The summed E-state index contributed by atoms with van der Waals surface area (Å²) in [5.41, 5.74) is 1.85. The summed E-state index contributed by atoms with van der Waals surface area (Å²) in [6.45, 7) is 0.261. The number of nitro groups is 1. The molecule has 4 aromatic rings. The number of fused-ring (bicyclic) bond motifs is 3. The lowest BCUT2D eigenvalue weighted by atomic mass is 10.2. The van der Waals surface area contributed by atoms with Crippen LogP contribution in [-0.4, -0.2) is 14.5 Å². The lowest BCUT2D eigenvalue weighted by Gasteiger charge is -2.04. The third-order valence-electron chi connectivity index (χ3n) is 3.85. The zero-order valence-electron chi connectivity index (χ0n) is 12.4. The highest BCUT2D eigenvalue weighted by molar-refractivity contribution is 6.01. The lowest BCUT2D eigenvalue weighted by molar-refractivity contribution is -0.384. The first-order valence-electron chi connectivity index (χ1n) is 7.23. The summed E-state index contributed by atoms with van der Waals surface area (Å²) >= 11 is 0. The summed E-state index contributed by atoms with van der Waals surface area (Å²) < 4.78 is 7.05. The van der Waals surface area contributed by atoms with Gasteiger partial charge in [-0.3, -0.25) is 19.5 Å². The van der Waals surface area contributed by atoms with Gasteiger partial charge >= 0.3 is 0 Å². The van der Waals surface area contributed by atoms with Crippen LogP contribution in [0.15, 0.2) is 64.1 Å². The zero-order chi connectivity index (χ0) is 16.7. The van der Waals surface area contributed by atoms with E-state index in [4.69, 9.17) is 4.42 Å². The molecule has 0 N–H and O–H groups in total. The molecule has 0 fully saturated rings. The van der Waals surface area contributed by atoms with Gasteiger partial charge in [-0.05, 0) is 17.7 Å². The quantitative estimate of drug-likeness (QED) is 0.427. The van der Waals surface area contributed by atoms with E-state index in [-0.39, 0.29) is 23.4 Å². The van der Waals surface area contributed by atoms with Crippen molar-refractivity contribution >= 4 is 27.8 Å². The molecule has 2 heterocycles. The highest BCUT2D eigenvalue weighted by atomic mass is 16.6. The molecule has 0 bridgehead atoms. The van der Waals surface area contributed by atoms with Gasteiger partial charge in [0.05, 0.1) is 17.8 Å². The number of para-hydroxylation sites is 1. The van der Waals surface area contributed by atoms with Gasteiger partial charge < -0.3 is 4.42 Å². The summed E-state index contributed by atoms with van der Waals surface area (Å²) in [7, 11) is 0. The fraction of sp³-hybridized carbons (Fsp3) is 0.0588. The molecule has 7 nitrogen and oxygen atoms in total. The number of nitro benzene ring substituents is 1. The Balaban J connectivity index is 1.77. The van der Waals surface area contributed by atoms with Gasteiger partial charge in [-0.1, -0.05) is 24.3 Å². The van der Waals surface area contributed by atoms with E-state index in [1.165, 1.54) is 23.0 Å². The minimum atomic E-state index is -0.460. The monoisotopic (exact) mass is 321 g/mol. The van der Waals surface area contributed by atoms with Gasteiger partial charge in [0.25, 0.3) is 11.2 Å². The molecule has 0 radical (unpaired) electrons. The molecule has 4 rings (SSSR count). The summed E-state index contributed by atoms with van der Waals surface area (Å²) in [6.07, 6.45) is 1.47. The molecule has 7 heteroatoms. The first kappa shape index (κ1) is 14.1. The number of hydrogen-bond donors (Lipinski definition) is 0. The second-order valence-electron chi connectivity index (χ2n) is 5.38. The lowest BCUT2D eigenvalue weighted by Crippen LogP contribution is -2.20. The molecular weight excluding hydrogens is 310 g/mol. The highest BCUT2D eigenvalue weighted by Crippen LogP contribution is 2.24. The Bertz CT molecular complexity index is 1130. The normalized spacial score (nSPS) is 11.2. The van der Waals surface area contributed by atoms with Crippen LogP contribution in [0.3, 0.4) is 0 Å². The molecule has 0 saturated carbocycles. The predicted molar refractivity (Wildman–Crippen MR) is 88.0 cm³/mol. The summed E-state index contributed by atoms with van der Waals surface area (Å²) in [4.78, 5) is 27.2. The van der Waals surface area contributed by atoms with Crippen LogP contribution < -0.4 is 5.56 Å². The van der Waals surface area contributed by atoms with E-state index in [1.807, 2.05) is 18.2 Å². The fourth-order valence-corrected chi connectivity index (χ4v) is 2.65. The Morgan fingerprint density at radius 1 is 1.12 bits per heavy atom. The third-order valence-corrected chi connectivity index (χ3v) is 3.85. The number of benzene rings is 2. The van der Waals surface area contributed by atoms with Crippen LogP contribution in [0.4, 0.5) is 5.69 Å². The van der Waals surface area contributed by atoms with Gasteiger partial charge in [-0.2, -0.15) is 0 Å². The molecule has 24 heavy (non-hydrogen) atoms. The third kappa shape index (κ3) is 2.23. The van der Waals surface area contributed by atoms with Crippen LogP contribution in [0, 0.1) is 10.1 Å². The standard InChI is InChI=1S/C17H11N3O4/c21-17-16-15(13-3-1-2-4-14(13)24-16)18-10-19(17)9-11-5-7-12(8-6-11)20(22)23/h1-8,10H,9H2. The van der Waals surface area contributed by atoms with E-state index in [2.05, 4.69) is 4.98 Å². The molecule has 0 aliphatic rings. The second kappa shape index (κ2) is 5.31. The molecule has 0 aliphatic carbocycles. The van der Waals surface area contributed by atoms with E-state index in [0.29, 0.717) is 11.1 Å². The number of nitrogens with zero attached hydrogens (tertiary/aromatic N) is 3. The molecule has 0 atom stereocenters. The minimum Gasteiger partial charge on any atom is -0.448 e. The first-order valence-corrected chi connectivity index (χ1v) is 7.23. The number of non-ortho nitro benzene ring substituents is 1. The van der Waals surface area contributed by atoms with Crippen LogP contribution in [0.5, 0.6) is 0 Å². The summed E-state index contributed by atoms with van der Waals surface area (Å²) in [5.74, 6) is 0. The Labute approximate surface area is 134 Å². The van der Waals surface area contributed by atoms with Crippen molar-refractivity contribution in [3.05, 3.63) is 80.9 Å². The van der Waals surface area contributed by atoms with Crippen LogP contribution in [0.25, 0.3) is 22.1 Å². The maximum absolute atomic E-state index is 12.6. The largest absolute Gasteiger partial charge is 0.448 e. The van der Waals surface area contributed by atoms with E-state index < -0.39 is 4.92 Å². The molecule has 0 saturated heterocycles. The maximum Gasteiger partial charge on any atom is 0.297 e. The predicted octanol–water partition coefficient (Wildman–Crippen LogP) is 3.10. The Hall–Kier alpha value is -3.48. The molecule has 2 aromatic carbocycles. The van der Waals surface area contributed by atoms with Crippen molar-refractivity contribution in [1.82, 2.24) is 9.55 Å². The zero-order valence-corrected chi connectivity index (χ0v) is 12.4. The van der Waals surface area contributed by atoms with Crippen molar-refractivity contribution in [2.24, 2.45) is 0 Å². The Kier molecular flexibility index (Phi) is 3.13. The van der Waals surface area contributed by atoms with Gasteiger partial charge in [0.15, 0.2) is 0 Å². The minimum absolute atomic E-state index is 0.0111. The molecule has 0 unspecified atom stereocenters. The molecular formula is C17H11N3O4. The molecule has 0 spiro atoms. The van der Waals surface area contributed by atoms with Crippen LogP contribution >= 0.6 is 0 Å². The summed E-state index contributed by atoms with van der Waals surface area (Å²) in [5, 5.41) is 11.5. The molecule has 0 aliphatic heterocycles. The average Bonchev–Trinajstić information content (AvgIpc) is 2.97. The van der Waals surface area contributed by atoms with Crippen molar-refractivity contribution in [2.75, 3.05) is 0 Å².